The maximum absolute atomic E-state index is 13.1. The average Bonchev–Trinajstić information content (AvgIpc) is 3.03. The zero-order chi connectivity index (χ0) is 24.8. The number of amides is 2. The Morgan fingerprint density at radius 2 is 2.03 bits per heavy atom. The molecule has 3 rings (SSSR count). The molecule has 2 aliphatic rings. The number of esters is 1. The van der Waals surface area contributed by atoms with Crippen LogP contribution in [0.5, 0.6) is 0 Å². The number of aliphatic carboxylic acids is 1. The van der Waals surface area contributed by atoms with Crippen molar-refractivity contribution < 1.29 is 42.2 Å². The lowest BCUT2D eigenvalue weighted by atomic mass is 10.0. The summed E-state index contributed by atoms with van der Waals surface area (Å²) < 4.78 is 44.8. The van der Waals surface area contributed by atoms with Crippen molar-refractivity contribution in [1.29, 1.82) is 0 Å². The normalized spacial score (nSPS) is 21.3. The molecule has 1 fully saturated rings. The third-order valence-corrected chi connectivity index (χ3v) is 6.87. The molecule has 2 aliphatic heterocycles. The first-order valence-corrected chi connectivity index (χ1v) is 10.8. The Morgan fingerprint density at radius 1 is 1.39 bits per heavy atom. The van der Waals surface area contributed by atoms with Crippen LogP contribution in [0.15, 0.2) is 11.3 Å². The zero-order valence-electron chi connectivity index (χ0n) is 17.4. The van der Waals surface area contributed by atoms with Crippen molar-refractivity contribution in [3.05, 3.63) is 27.7 Å². The van der Waals surface area contributed by atoms with Crippen molar-refractivity contribution in [2.75, 3.05) is 12.4 Å². The van der Waals surface area contributed by atoms with Crippen molar-refractivity contribution in [3.63, 3.8) is 0 Å². The Balaban J connectivity index is 1.76. The summed E-state index contributed by atoms with van der Waals surface area (Å²) in [4.78, 5) is 48.8. The van der Waals surface area contributed by atoms with E-state index in [4.69, 9.17) is 16.3 Å². The Kier molecular flexibility index (Phi) is 6.71. The van der Waals surface area contributed by atoms with E-state index < -0.39 is 63.8 Å². The first-order valence-electron chi connectivity index (χ1n) is 9.39. The van der Waals surface area contributed by atoms with Gasteiger partial charge < -0.3 is 20.0 Å². The summed E-state index contributed by atoms with van der Waals surface area (Å²) in [6, 6.07) is -2.37. The van der Waals surface area contributed by atoms with Crippen LogP contribution in [0.2, 0.25) is 5.02 Å². The Labute approximate surface area is 194 Å². The zero-order valence-corrected chi connectivity index (χ0v) is 18.9. The maximum Gasteiger partial charge on any atom is 0.436 e. The lowest BCUT2D eigenvalue weighted by Crippen LogP contribution is -2.71. The standard InChI is InChI=1S/C18H18ClF3N4O6S/c1-6-10(19)13(18(20,21)22)24-26(6)7(2)14(28)23-11-15(29)25-12(17(30)31)9(4-32-8(3)27)5-33-16(11)25/h7,11,16H,4-5H2,1-3H3,(H,23,28)(H,30,31)/p-1. The number of carboxylic acid groups (broad SMARTS) is 1. The molecule has 1 aromatic rings. The number of hydrogen-bond acceptors (Lipinski definition) is 8. The van der Waals surface area contributed by atoms with Crippen molar-refractivity contribution in [2.24, 2.45) is 0 Å². The van der Waals surface area contributed by atoms with Crippen LogP contribution in [-0.4, -0.2) is 62.2 Å². The number of hydrogen-bond donors (Lipinski definition) is 1. The predicted octanol–water partition coefficient (Wildman–Crippen LogP) is 0.392. The number of carbonyl (C=O) groups is 4. The number of rotatable bonds is 6. The molecule has 0 radical (unpaired) electrons. The second-order valence-electron chi connectivity index (χ2n) is 7.28. The van der Waals surface area contributed by atoms with E-state index in [9.17, 15) is 37.5 Å². The summed E-state index contributed by atoms with van der Waals surface area (Å²) >= 11 is 6.84. The van der Waals surface area contributed by atoms with Crippen LogP contribution in [-0.2, 0) is 30.1 Å². The van der Waals surface area contributed by atoms with Gasteiger partial charge >= 0.3 is 12.1 Å². The molecule has 0 aliphatic carbocycles. The number of β-lactam (4-membered cyclic amide) rings is 1. The number of carbonyl (C=O) groups excluding carboxylic acids is 4. The van der Waals surface area contributed by atoms with Gasteiger partial charge in [-0.15, -0.1) is 11.8 Å². The summed E-state index contributed by atoms with van der Waals surface area (Å²) in [5, 5.41) is 16.0. The van der Waals surface area contributed by atoms with E-state index in [0.717, 1.165) is 28.3 Å². The smallest absolute Gasteiger partial charge is 0.436 e. The number of thioether (sulfide) groups is 1. The monoisotopic (exact) mass is 509 g/mol. The van der Waals surface area contributed by atoms with Gasteiger partial charge in [-0.3, -0.25) is 24.0 Å². The van der Waals surface area contributed by atoms with Gasteiger partial charge in [0.1, 0.15) is 24.1 Å². The molecule has 0 bridgehead atoms. The fraction of sp³-hybridized carbons (Fsp3) is 0.500. The molecule has 15 heteroatoms. The molecule has 0 aromatic carbocycles. The summed E-state index contributed by atoms with van der Waals surface area (Å²) in [6.45, 7) is 3.36. The fourth-order valence-electron chi connectivity index (χ4n) is 3.41. The first-order chi connectivity index (χ1) is 15.3. The quantitative estimate of drug-likeness (QED) is 0.430. The van der Waals surface area contributed by atoms with Crippen LogP contribution in [0.4, 0.5) is 13.2 Å². The van der Waals surface area contributed by atoms with Crippen LogP contribution in [0.25, 0.3) is 0 Å². The number of halogens is 4. The largest absolute Gasteiger partial charge is 0.543 e. The molecule has 33 heavy (non-hydrogen) atoms. The van der Waals surface area contributed by atoms with Crippen LogP contribution >= 0.6 is 23.4 Å². The Hall–Kier alpha value is -2.74. The molecule has 1 aromatic heterocycles. The Bertz CT molecular complexity index is 1070. The second kappa shape index (κ2) is 8.89. The third-order valence-electron chi connectivity index (χ3n) is 5.08. The first kappa shape index (κ1) is 24.9. The molecule has 0 saturated carbocycles. The van der Waals surface area contributed by atoms with Gasteiger partial charge in [0.15, 0.2) is 5.69 Å². The summed E-state index contributed by atoms with van der Waals surface area (Å²) in [6.07, 6.45) is -4.82. The van der Waals surface area contributed by atoms with Gasteiger partial charge in [-0.1, -0.05) is 11.6 Å². The van der Waals surface area contributed by atoms with E-state index in [1.165, 1.54) is 13.8 Å². The summed E-state index contributed by atoms with van der Waals surface area (Å²) in [5.74, 6) is -3.75. The van der Waals surface area contributed by atoms with E-state index in [1.807, 2.05) is 0 Å². The van der Waals surface area contributed by atoms with Crippen LogP contribution in [0.3, 0.4) is 0 Å². The van der Waals surface area contributed by atoms with Crippen LogP contribution in [0, 0.1) is 6.92 Å². The minimum absolute atomic E-state index is 0.0856. The molecule has 3 heterocycles. The predicted molar refractivity (Wildman–Crippen MR) is 105 cm³/mol. The lowest BCUT2D eigenvalue weighted by Gasteiger charge is -2.50. The van der Waals surface area contributed by atoms with Crippen molar-refractivity contribution in [2.45, 2.75) is 44.4 Å². The molecular weight excluding hydrogens is 493 g/mol. The number of fused-ring (bicyclic) bond motifs is 1. The third kappa shape index (κ3) is 4.53. The molecule has 1 N–H and O–H groups in total. The lowest BCUT2D eigenvalue weighted by molar-refractivity contribution is -0.301. The number of ether oxygens (including phenoxy) is 1. The number of carboxylic acids is 1. The molecule has 3 atom stereocenters. The summed E-state index contributed by atoms with van der Waals surface area (Å²) in [7, 11) is 0. The molecule has 10 nitrogen and oxygen atoms in total. The molecular formula is C18H17ClF3N4O6S-. The highest BCUT2D eigenvalue weighted by Crippen LogP contribution is 2.40. The van der Waals surface area contributed by atoms with Crippen LogP contribution in [0.1, 0.15) is 31.3 Å². The average molecular weight is 510 g/mol. The highest BCUT2D eigenvalue weighted by molar-refractivity contribution is 8.00. The van der Waals surface area contributed by atoms with E-state index in [0.29, 0.717) is 0 Å². The van der Waals surface area contributed by atoms with E-state index >= 15 is 0 Å². The van der Waals surface area contributed by atoms with Crippen LogP contribution < -0.4 is 10.4 Å². The molecule has 180 valence electrons. The molecule has 0 spiro atoms. The van der Waals surface area contributed by atoms with Gasteiger partial charge in [-0.25, -0.2) is 0 Å². The maximum atomic E-state index is 13.1. The van der Waals surface area contributed by atoms with Gasteiger partial charge in [0, 0.05) is 18.2 Å². The van der Waals surface area contributed by atoms with Gasteiger partial charge in [0.25, 0.3) is 5.91 Å². The minimum Gasteiger partial charge on any atom is -0.543 e. The number of alkyl halides is 3. The Morgan fingerprint density at radius 3 is 2.55 bits per heavy atom. The van der Waals surface area contributed by atoms with Crippen molar-refractivity contribution >= 4 is 47.1 Å². The molecule has 3 unspecified atom stereocenters. The number of nitrogens with one attached hydrogen (secondary N) is 1. The van der Waals surface area contributed by atoms with Gasteiger partial charge in [-0.2, -0.15) is 18.3 Å². The van der Waals surface area contributed by atoms with E-state index in [1.54, 1.807) is 0 Å². The topological polar surface area (TPSA) is 134 Å². The fourth-order valence-corrected chi connectivity index (χ4v) is 4.97. The van der Waals surface area contributed by atoms with E-state index in [2.05, 4.69) is 10.4 Å². The van der Waals surface area contributed by atoms with E-state index in [-0.39, 0.29) is 23.6 Å². The summed E-state index contributed by atoms with van der Waals surface area (Å²) in [5.41, 5.74) is -1.69. The second-order valence-corrected chi connectivity index (χ2v) is 8.77. The SMILES string of the molecule is CC(=O)OCC1=C(C(=O)[O-])N2C(=O)C(NC(=O)C(C)n3nc(C(F)(F)F)c(Cl)c3C)C2SC1. The van der Waals surface area contributed by atoms with Gasteiger partial charge in [0.05, 0.1) is 22.4 Å². The van der Waals surface area contributed by atoms with Crippen molar-refractivity contribution in [3.8, 4) is 0 Å². The highest BCUT2D eigenvalue weighted by Gasteiger charge is 2.53. The molecule has 2 amide bonds. The number of aromatic nitrogens is 2. The van der Waals surface area contributed by atoms with Gasteiger partial charge in [0.2, 0.25) is 5.91 Å². The van der Waals surface area contributed by atoms with Crippen molar-refractivity contribution in [1.82, 2.24) is 20.0 Å². The molecule has 1 saturated heterocycles. The number of nitrogens with zero attached hydrogens (tertiary/aromatic N) is 3. The van der Waals surface area contributed by atoms with Gasteiger partial charge in [-0.05, 0) is 13.8 Å². The minimum atomic E-state index is -4.82. The highest BCUT2D eigenvalue weighted by atomic mass is 35.5.